The minimum Gasteiger partial charge on any atom is -0.338 e. The molecular formula is C12H15F3N2O. The number of nitrogens with one attached hydrogen (secondary N) is 2. The summed E-state index contributed by atoms with van der Waals surface area (Å²) in [5.41, 5.74) is -1.09. The third-order valence-electron chi connectivity index (χ3n) is 2.30. The van der Waals surface area contributed by atoms with Crippen LogP contribution in [0.2, 0.25) is 0 Å². The van der Waals surface area contributed by atoms with Gasteiger partial charge in [-0.15, -0.1) is 0 Å². The summed E-state index contributed by atoms with van der Waals surface area (Å²) in [7, 11) is 0. The van der Waals surface area contributed by atoms with Gasteiger partial charge in [-0.25, -0.2) is 4.79 Å². The van der Waals surface area contributed by atoms with Gasteiger partial charge in [-0.3, -0.25) is 0 Å². The number of rotatable bonds is 4. The molecule has 6 heteroatoms. The van der Waals surface area contributed by atoms with Crippen LogP contribution in [0.1, 0.15) is 25.3 Å². The van der Waals surface area contributed by atoms with Crippen LogP contribution in [-0.2, 0) is 6.18 Å². The summed E-state index contributed by atoms with van der Waals surface area (Å²) in [5.74, 6) is 0. The Kier molecular flexibility index (Phi) is 5.00. The summed E-state index contributed by atoms with van der Waals surface area (Å²) < 4.78 is 37.9. The van der Waals surface area contributed by atoms with Crippen molar-refractivity contribution in [1.29, 1.82) is 0 Å². The number of urea groups is 1. The third kappa shape index (κ3) is 4.27. The highest BCUT2D eigenvalue weighted by Gasteiger charge is 2.33. The number of benzene rings is 1. The van der Waals surface area contributed by atoms with Crippen molar-refractivity contribution in [3.8, 4) is 0 Å². The minimum atomic E-state index is -4.48. The van der Waals surface area contributed by atoms with E-state index in [4.69, 9.17) is 0 Å². The molecule has 0 fully saturated rings. The van der Waals surface area contributed by atoms with Crippen LogP contribution in [0.25, 0.3) is 0 Å². The lowest BCUT2D eigenvalue weighted by molar-refractivity contribution is -0.136. The van der Waals surface area contributed by atoms with E-state index >= 15 is 0 Å². The number of unbranched alkanes of at least 4 members (excludes halogenated alkanes) is 1. The van der Waals surface area contributed by atoms with E-state index in [9.17, 15) is 18.0 Å². The van der Waals surface area contributed by atoms with Gasteiger partial charge in [-0.1, -0.05) is 25.5 Å². The van der Waals surface area contributed by atoms with E-state index < -0.39 is 17.8 Å². The first-order valence-corrected chi connectivity index (χ1v) is 5.66. The number of hydrogen-bond acceptors (Lipinski definition) is 1. The number of hydrogen-bond donors (Lipinski definition) is 2. The van der Waals surface area contributed by atoms with Crippen LogP contribution in [-0.4, -0.2) is 12.6 Å². The lowest BCUT2D eigenvalue weighted by atomic mass is 10.1. The fourth-order valence-corrected chi connectivity index (χ4v) is 1.38. The van der Waals surface area contributed by atoms with E-state index in [1.807, 2.05) is 6.92 Å². The van der Waals surface area contributed by atoms with Crippen LogP contribution in [0.4, 0.5) is 23.7 Å². The molecule has 1 aromatic rings. The molecule has 0 saturated carbocycles. The first-order valence-electron chi connectivity index (χ1n) is 5.66. The van der Waals surface area contributed by atoms with Crippen molar-refractivity contribution in [2.45, 2.75) is 25.9 Å². The Morgan fingerprint density at radius 3 is 2.56 bits per heavy atom. The van der Waals surface area contributed by atoms with Gasteiger partial charge in [0.15, 0.2) is 0 Å². The van der Waals surface area contributed by atoms with Crippen LogP contribution in [0.5, 0.6) is 0 Å². The van der Waals surface area contributed by atoms with Crippen molar-refractivity contribution in [3.05, 3.63) is 29.8 Å². The van der Waals surface area contributed by atoms with Gasteiger partial charge < -0.3 is 10.6 Å². The van der Waals surface area contributed by atoms with E-state index in [1.165, 1.54) is 18.2 Å². The van der Waals surface area contributed by atoms with Crippen LogP contribution >= 0.6 is 0 Å². The van der Waals surface area contributed by atoms with Crippen molar-refractivity contribution < 1.29 is 18.0 Å². The molecular weight excluding hydrogens is 245 g/mol. The van der Waals surface area contributed by atoms with Gasteiger partial charge in [0.25, 0.3) is 0 Å². The fraction of sp³-hybridized carbons (Fsp3) is 0.417. The standard InChI is InChI=1S/C12H15F3N2O/c1-2-3-8-16-11(18)17-10-7-5-4-6-9(10)12(13,14)15/h4-7H,2-3,8H2,1H3,(H2,16,17,18). The van der Waals surface area contributed by atoms with Crippen molar-refractivity contribution in [2.24, 2.45) is 0 Å². The predicted octanol–water partition coefficient (Wildman–Crippen LogP) is 3.63. The lowest BCUT2D eigenvalue weighted by Crippen LogP contribution is -2.30. The summed E-state index contributed by atoms with van der Waals surface area (Å²) in [6.45, 7) is 2.40. The summed E-state index contributed by atoms with van der Waals surface area (Å²) in [5, 5.41) is 4.70. The van der Waals surface area contributed by atoms with Gasteiger partial charge >= 0.3 is 12.2 Å². The molecule has 3 nitrogen and oxygen atoms in total. The smallest absolute Gasteiger partial charge is 0.338 e. The number of carbonyl (C=O) groups is 1. The molecule has 0 radical (unpaired) electrons. The Labute approximate surface area is 103 Å². The molecule has 2 N–H and O–H groups in total. The van der Waals surface area contributed by atoms with E-state index in [1.54, 1.807) is 0 Å². The topological polar surface area (TPSA) is 41.1 Å². The van der Waals surface area contributed by atoms with Crippen molar-refractivity contribution in [3.63, 3.8) is 0 Å². The second-order valence-electron chi connectivity index (χ2n) is 3.78. The van der Waals surface area contributed by atoms with Crippen molar-refractivity contribution in [1.82, 2.24) is 5.32 Å². The first kappa shape index (κ1) is 14.3. The van der Waals surface area contributed by atoms with E-state index in [2.05, 4.69) is 10.6 Å². The van der Waals surface area contributed by atoms with Gasteiger partial charge in [-0.2, -0.15) is 13.2 Å². The largest absolute Gasteiger partial charge is 0.418 e. The quantitative estimate of drug-likeness (QED) is 0.797. The number of anilines is 1. The van der Waals surface area contributed by atoms with Crippen LogP contribution in [0.15, 0.2) is 24.3 Å². The van der Waals surface area contributed by atoms with E-state index in [0.29, 0.717) is 6.54 Å². The Hall–Kier alpha value is -1.72. The molecule has 0 atom stereocenters. The van der Waals surface area contributed by atoms with Crippen LogP contribution < -0.4 is 10.6 Å². The molecule has 0 aliphatic heterocycles. The monoisotopic (exact) mass is 260 g/mol. The second-order valence-corrected chi connectivity index (χ2v) is 3.78. The fourth-order valence-electron chi connectivity index (χ4n) is 1.38. The number of para-hydroxylation sites is 1. The zero-order chi connectivity index (χ0) is 13.6. The minimum absolute atomic E-state index is 0.237. The second kappa shape index (κ2) is 6.28. The maximum absolute atomic E-state index is 12.6. The summed E-state index contributed by atoms with van der Waals surface area (Å²) in [6.07, 6.45) is -2.79. The molecule has 2 amide bonds. The highest BCUT2D eigenvalue weighted by molar-refractivity contribution is 5.90. The predicted molar refractivity (Wildman–Crippen MR) is 63.4 cm³/mol. The molecule has 1 aromatic carbocycles. The Balaban J connectivity index is 2.70. The molecule has 18 heavy (non-hydrogen) atoms. The van der Waals surface area contributed by atoms with E-state index in [0.717, 1.165) is 18.9 Å². The normalized spacial score (nSPS) is 11.1. The molecule has 0 unspecified atom stereocenters. The highest BCUT2D eigenvalue weighted by atomic mass is 19.4. The summed E-state index contributed by atoms with van der Waals surface area (Å²) in [6, 6.07) is 4.25. The molecule has 1 rings (SSSR count). The number of amides is 2. The average Bonchev–Trinajstić information content (AvgIpc) is 2.28. The molecule has 0 aliphatic rings. The Morgan fingerprint density at radius 2 is 1.94 bits per heavy atom. The van der Waals surface area contributed by atoms with Crippen LogP contribution in [0, 0.1) is 0 Å². The zero-order valence-electron chi connectivity index (χ0n) is 9.97. The van der Waals surface area contributed by atoms with Crippen molar-refractivity contribution >= 4 is 11.7 Å². The Morgan fingerprint density at radius 1 is 1.28 bits per heavy atom. The molecule has 0 aliphatic carbocycles. The lowest BCUT2D eigenvalue weighted by Gasteiger charge is -2.13. The SMILES string of the molecule is CCCCNC(=O)Nc1ccccc1C(F)(F)F. The maximum atomic E-state index is 12.6. The number of alkyl halides is 3. The van der Waals surface area contributed by atoms with E-state index in [-0.39, 0.29) is 5.69 Å². The first-order chi connectivity index (χ1) is 8.45. The molecule has 0 bridgehead atoms. The summed E-state index contributed by atoms with van der Waals surface area (Å²) in [4.78, 5) is 11.4. The number of carbonyl (C=O) groups excluding carboxylic acids is 1. The van der Waals surface area contributed by atoms with Gasteiger partial charge in [0.2, 0.25) is 0 Å². The molecule has 0 heterocycles. The third-order valence-corrected chi connectivity index (χ3v) is 2.30. The number of halogens is 3. The summed E-state index contributed by atoms with van der Waals surface area (Å²) >= 11 is 0. The molecule has 0 aromatic heterocycles. The van der Waals surface area contributed by atoms with Gasteiger partial charge in [0.1, 0.15) is 0 Å². The highest BCUT2D eigenvalue weighted by Crippen LogP contribution is 2.34. The molecule has 0 spiro atoms. The Bertz CT molecular complexity index is 405. The molecule has 0 saturated heterocycles. The average molecular weight is 260 g/mol. The zero-order valence-corrected chi connectivity index (χ0v) is 9.97. The van der Waals surface area contributed by atoms with Crippen LogP contribution in [0.3, 0.4) is 0 Å². The van der Waals surface area contributed by atoms with Gasteiger partial charge in [0, 0.05) is 6.54 Å². The maximum Gasteiger partial charge on any atom is 0.418 e. The van der Waals surface area contributed by atoms with Crippen molar-refractivity contribution in [2.75, 3.05) is 11.9 Å². The van der Waals surface area contributed by atoms with Gasteiger partial charge in [0.05, 0.1) is 11.3 Å². The molecule has 100 valence electrons. The van der Waals surface area contributed by atoms with Gasteiger partial charge in [-0.05, 0) is 18.6 Å².